The fourth-order valence-electron chi connectivity index (χ4n) is 1.67. The molecule has 1 N–H and O–H groups in total. The summed E-state index contributed by atoms with van der Waals surface area (Å²) in [5, 5.41) is 2.99. The highest BCUT2D eigenvalue weighted by Crippen LogP contribution is 2.19. The van der Waals surface area contributed by atoms with Crippen LogP contribution < -0.4 is 5.32 Å². The number of halogens is 1. The number of nitrogens with one attached hydrogen (secondary N) is 1. The van der Waals surface area contributed by atoms with Crippen LogP contribution >= 0.6 is 11.6 Å². The highest BCUT2D eigenvalue weighted by atomic mass is 35.5. The van der Waals surface area contributed by atoms with E-state index >= 15 is 0 Å². The van der Waals surface area contributed by atoms with Crippen LogP contribution in [-0.4, -0.2) is 5.91 Å². The third kappa shape index (κ3) is 2.74. The number of carbonyl (C=O) groups is 1. The number of benzene rings is 1. The number of hydrogen-bond acceptors (Lipinski definition) is 2. The summed E-state index contributed by atoms with van der Waals surface area (Å²) in [7, 11) is 0. The summed E-state index contributed by atoms with van der Waals surface area (Å²) in [6, 6.07) is 9.50. The molecule has 1 unspecified atom stereocenters. The van der Waals surface area contributed by atoms with Crippen LogP contribution in [-0.2, 0) is 0 Å². The van der Waals surface area contributed by atoms with Gasteiger partial charge >= 0.3 is 0 Å². The van der Waals surface area contributed by atoms with Gasteiger partial charge in [-0.15, -0.1) is 0 Å². The first-order valence-corrected chi connectivity index (χ1v) is 6.06. The van der Waals surface area contributed by atoms with Crippen LogP contribution in [0.3, 0.4) is 0 Å². The van der Waals surface area contributed by atoms with Crippen LogP contribution in [0.1, 0.15) is 34.5 Å². The van der Waals surface area contributed by atoms with Gasteiger partial charge in [-0.25, -0.2) is 0 Å². The fraction of sp³-hybridized carbons (Fsp3) is 0.214. The summed E-state index contributed by atoms with van der Waals surface area (Å²) < 4.78 is 4.89. The Bertz CT molecular complexity index is 545. The number of hydrogen-bond donors (Lipinski definition) is 1. The maximum Gasteiger partial charge on any atom is 0.256 e. The lowest BCUT2D eigenvalue weighted by molar-refractivity contribution is 0.0939. The van der Waals surface area contributed by atoms with Crippen LogP contribution in [0, 0.1) is 6.92 Å². The van der Waals surface area contributed by atoms with Crippen molar-refractivity contribution >= 4 is 17.5 Å². The first kappa shape index (κ1) is 12.7. The predicted molar refractivity (Wildman–Crippen MR) is 70.8 cm³/mol. The van der Waals surface area contributed by atoms with Gasteiger partial charge in [-0.2, -0.15) is 0 Å². The van der Waals surface area contributed by atoms with Crippen LogP contribution in [0.25, 0.3) is 0 Å². The van der Waals surface area contributed by atoms with Gasteiger partial charge in [-0.3, -0.25) is 4.79 Å². The molecule has 4 heteroatoms. The lowest BCUT2D eigenvalue weighted by Gasteiger charge is -2.14. The normalized spacial score (nSPS) is 12.2. The van der Waals surface area contributed by atoms with E-state index in [4.69, 9.17) is 16.0 Å². The Hall–Kier alpha value is -1.74. The number of furan rings is 1. The van der Waals surface area contributed by atoms with Gasteiger partial charge in [-0.05, 0) is 37.1 Å². The highest BCUT2D eigenvalue weighted by molar-refractivity contribution is 6.32. The Morgan fingerprint density at radius 3 is 2.50 bits per heavy atom. The molecule has 0 aliphatic heterocycles. The molecule has 0 bridgehead atoms. The quantitative estimate of drug-likeness (QED) is 0.917. The lowest BCUT2D eigenvalue weighted by Crippen LogP contribution is -2.26. The van der Waals surface area contributed by atoms with Gasteiger partial charge in [0.15, 0.2) is 0 Å². The van der Waals surface area contributed by atoms with Gasteiger partial charge in [-0.1, -0.05) is 29.8 Å². The zero-order valence-electron chi connectivity index (χ0n) is 10.2. The van der Waals surface area contributed by atoms with Crippen molar-refractivity contribution in [3.05, 3.63) is 58.5 Å². The van der Waals surface area contributed by atoms with Crippen molar-refractivity contribution in [2.24, 2.45) is 0 Å². The van der Waals surface area contributed by atoms with E-state index in [1.165, 1.54) is 11.8 Å². The molecule has 0 aliphatic rings. The third-order valence-electron chi connectivity index (χ3n) is 2.79. The van der Waals surface area contributed by atoms with Gasteiger partial charge in [0.25, 0.3) is 5.91 Å². The molecule has 1 aromatic carbocycles. The van der Waals surface area contributed by atoms with Gasteiger partial charge in [0.05, 0.1) is 17.9 Å². The molecule has 0 saturated heterocycles. The second-order valence-electron chi connectivity index (χ2n) is 4.21. The van der Waals surface area contributed by atoms with Crippen LogP contribution in [0.4, 0.5) is 0 Å². The average molecular weight is 264 g/mol. The molecule has 94 valence electrons. The Balaban J connectivity index is 2.08. The second-order valence-corrected chi connectivity index (χ2v) is 4.56. The monoisotopic (exact) mass is 263 g/mol. The molecule has 0 spiro atoms. The maximum atomic E-state index is 11.9. The molecule has 18 heavy (non-hydrogen) atoms. The summed E-state index contributed by atoms with van der Waals surface area (Å²) in [6.07, 6.45) is 1.40. The van der Waals surface area contributed by atoms with E-state index in [2.05, 4.69) is 5.32 Å². The summed E-state index contributed by atoms with van der Waals surface area (Å²) in [5.74, 6) is -0.234. The highest BCUT2D eigenvalue weighted by Gasteiger charge is 2.15. The van der Waals surface area contributed by atoms with Crippen molar-refractivity contribution in [2.45, 2.75) is 19.9 Å². The van der Waals surface area contributed by atoms with E-state index in [1.807, 2.05) is 38.1 Å². The number of carbonyl (C=O) groups excluding carboxylic acids is 1. The van der Waals surface area contributed by atoms with Gasteiger partial charge < -0.3 is 9.73 Å². The van der Waals surface area contributed by atoms with Gasteiger partial charge in [0, 0.05) is 0 Å². The molecule has 2 aromatic rings. The van der Waals surface area contributed by atoms with E-state index < -0.39 is 0 Å². The van der Waals surface area contributed by atoms with Crippen molar-refractivity contribution in [3.63, 3.8) is 0 Å². The van der Waals surface area contributed by atoms with Gasteiger partial charge in [0.1, 0.15) is 0 Å². The number of rotatable bonds is 3. The molecule has 1 atom stereocenters. The Morgan fingerprint density at radius 1 is 1.28 bits per heavy atom. The fourth-order valence-corrected chi connectivity index (χ4v) is 1.87. The second kappa shape index (κ2) is 5.27. The molecule has 0 saturated carbocycles. The largest absolute Gasteiger partial charge is 0.452 e. The molecule has 1 amide bonds. The summed E-state index contributed by atoms with van der Waals surface area (Å²) in [6.45, 7) is 3.95. The van der Waals surface area contributed by atoms with E-state index in [-0.39, 0.29) is 17.2 Å². The van der Waals surface area contributed by atoms with Crippen molar-refractivity contribution in [1.82, 2.24) is 5.32 Å². The average Bonchev–Trinajstić information content (AvgIpc) is 2.76. The summed E-state index contributed by atoms with van der Waals surface area (Å²) in [4.78, 5) is 11.9. The molecule has 0 fully saturated rings. The Labute approximate surface area is 111 Å². The number of amides is 1. The first-order chi connectivity index (χ1) is 8.58. The van der Waals surface area contributed by atoms with E-state index in [0.29, 0.717) is 5.56 Å². The van der Waals surface area contributed by atoms with Crippen LogP contribution in [0.5, 0.6) is 0 Å². The molecule has 1 aromatic heterocycles. The molecular weight excluding hydrogens is 250 g/mol. The molecule has 1 heterocycles. The van der Waals surface area contributed by atoms with Crippen LogP contribution in [0.2, 0.25) is 5.22 Å². The predicted octanol–water partition coefficient (Wildman–Crippen LogP) is 3.73. The molecular formula is C14H14ClNO2. The zero-order chi connectivity index (χ0) is 13.1. The van der Waals surface area contributed by atoms with Crippen molar-refractivity contribution in [3.8, 4) is 0 Å². The molecule has 2 rings (SSSR count). The van der Waals surface area contributed by atoms with Crippen molar-refractivity contribution in [1.29, 1.82) is 0 Å². The standard InChI is InChI=1S/C14H14ClNO2/c1-9-3-5-11(6-4-9)10(2)16-14(17)12-7-8-18-13(12)15/h3-8,10H,1-2H3,(H,16,17). The minimum atomic E-state index is -0.234. The van der Waals surface area contributed by atoms with E-state index in [9.17, 15) is 4.79 Å². The van der Waals surface area contributed by atoms with Crippen molar-refractivity contribution in [2.75, 3.05) is 0 Å². The topological polar surface area (TPSA) is 42.2 Å². The van der Waals surface area contributed by atoms with E-state index in [0.717, 1.165) is 5.56 Å². The first-order valence-electron chi connectivity index (χ1n) is 5.68. The lowest BCUT2D eigenvalue weighted by atomic mass is 10.1. The number of aryl methyl sites for hydroxylation is 1. The molecule has 3 nitrogen and oxygen atoms in total. The van der Waals surface area contributed by atoms with Gasteiger partial charge in [0.2, 0.25) is 5.22 Å². The summed E-state index contributed by atoms with van der Waals surface area (Å²) >= 11 is 5.76. The van der Waals surface area contributed by atoms with Crippen LogP contribution in [0.15, 0.2) is 41.0 Å². The zero-order valence-corrected chi connectivity index (χ0v) is 11.0. The minimum Gasteiger partial charge on any atom is -0.452 e. The molecule has 0 radical (unpaired) electrons. The SMILES string of the molecule is Cc1ccc(C(C)NC(=O)c2ccoc2Cl)cc1. The third-order valence-corrected chi connectivity index (χ3v) is 3.08. The smallest absolute Gasteiger partial charge is 0.256 e. The Morgan fingerprint density at radius 2 is 1.94 bits per heavy atom. The van der Waals surface area contributed by atoms with Crippen molar-refractivity contribution < 1.29 is 9.21 Å². The van der Waals surface area contributed by atoms with E-state index in [1.54, 1.807) is 6.07 Å². The Kier molecular flexibility index (Phi) is 3.72. The molecule has 0 aliphatic carbocycles. The minimum absolute atomic E-state index is 0.0796. The maximum absolute atomic E-state index is 11.9. The summed E-state index contributed by atoms with van der Waals surface area (Å²) in [5.41, 5.74) is 2.60.